The van der Waals surface area contributed by atoms with Crippen molar-refractivity contribution in [3.63, 3.8) is 0 Å². The third kappa shape index (κ3) is 2.65. The summed E-state index contributed by atoms with van der Waals surface area (Å²) >= 11 is 0. The molecule has 0 amide bonds. The van der Waals surface area contributed by atoms with Crippen LogP contribution in [0.2, 0.25) is 0 Å². The molecule has 2 aromatic carbocycles. The van der Waals surface area contributed by atoms with Crippen molar-refractivity contribution >= 4 is 16.9 Å². The van der Waals surface area contributed by atoms with E-state index in [1.165, 1.54) is 19.2 Å². The first-order valence-corrected chi connectivity index (χ1v) is 6.59. The van der Waals surface area contributed by atoms with Crippen LogP contribution in [0.3, 0.4) is 0 Å². The van der Waals surface area contributed by atoms with Crippen LogP contribution in [-0.2, 0) is 11.3 Å². The maximum absolute atomic E-state index is 13.3. The van der Waals surface area contributed by atoms with Crippen LogP contribution >= 0.6 is 0 Å². The van der Waals surface area contributed by atoms with E-state index in [0.29, 0.717) is 12.1 Å². The summed E-state index contributed by atoms with van der Waals surface area (Å²) in [5.41, 5.74) is 2.40. The molecule has 0 atom stereocenters. The number of benzene rings is 2. The molecule has 4 heteroatoms. The van der Waals surface area contributed by atoms with E-state index in [9.17, 15) is 9.18 Å². The summed E-state index contributed by atoms with van der Waals surface area (Å²) in [7, 11) is 1.36. The maximum Gasteiger partial charge on any atom is 0.337 e. The lowest BCUT2D eigenvalue weighted by molar-refractivity contribution is 0.0600. The Morgan fingerprint density at radius 3 is 2.62 bits per heavy atom. The van der Waals surface area contributed by atoms with Gasteiger partial charge in [-0.25, -0.2) is 9.18 Å². The fourth-order valence-corrected chi connectivity index (χ4v) is 2.36. The van der Waals surface area contributed by atoms with E-state index in [1.54, 1.807) is 18.2 Å². The van der Waals surface area contributed by atoms with E-state index in [1.807, 2.05) is 29.0 Å². The number of aromatic nitrogens is 1. The molecule has 0 aliphatic carbocycles. The van der Waals surface area contributed by atoms with Crippen molar-refractivity contribution in [2.45, 2.75) is 6.54 Å². The smallest absolute Gasteiger partial charge is 0.337 e. The Balaban J connectivity index is 1.88. The average molecular weight is 283 g/mol. The minimum atomic E-state index is -0.352. The summed E-state index contributed by atoms with van der Waals surface area (Å²) in [6.07, 6.45) is 1.93. The van der Waals surface area contributed by atoms with E-state index in [0.717, 1.165) is 16.5 Å². The molecule has 0 aliphatic heterocycles. The Morgan fingerprint density at radius 1 is 1.14 bits per heavy atom. The van der Waals surface area contributed by atoms with Gasteiger partial charge >= 0.3 is 5.97 Å². The standard InChI is InChI=1S/C17H14FNO2/c1-21-17(20)14-4-2-12(3-5-14)11-19-9-8-13-6-7-15(18)10-16(13)19/h2-10H,11H2,1H3. The molecule has 0 fully saturated rings. The molecule has 0 radical (unpaired) electrons. The monoisotopic (exact) mass is 283 g/mol. The van der Waals surface area contributed by atoms with Crippen LogP contribution in [0.25, 0.3) is 10.9 Å². The van der Waals surface area contributed by atoms with Gasteiger partial charge in [0.25, 0.3) is 0 Å². The van der Waals surface area contributed by atoms with Crippen LogP contribution < -0.4 is 0 Å². The Bertz CT molecular complexity index is 790. The number of carbonyl (C=O) groups is 1. The highest BCUT2D eigenvalue weighted by molar-refractivity contribution is 5.89. The average Bonchev–Trinajstić information content (AvgIpc) is 2.89. The number of carbonyl (C=O) groups excluding carboxylic acids is 1. The molecule has 0 spiro atoms. The molecule has 3 aromatic rings. The van der Waals surface area contributed by atoms with Crippen molar-refractivity contribution in [1.82, 2.24) is 4.57 Å². The molecule has 1 heterocycles. The molecule has 3 nitrogen and oxygen atoms in total. The van der Waals surface area contributed by atoms with Crippen LogP contribution in [0.4, 0.5) is 4.39 Å². The largest absolute Gasteiger partial charge is 0.465 e. The topological polar surface area (TPSA) is 31.2 Å². The number of esters is 1. The molecule has 0 saturated heterocycles. The Morgan fingerprint density at radius 2 is 1.90 bits per heavy atom. The summed E-state index contributed by atoms with van der Waals surface area (Å²) in [5, 5.41) is 1.00. The molecular weight excluding hydrogens is 269 g/mol. The normalized spacial score (nSPS) is 10.8. The Hall–Kier alpha value is -2.62. The molecule has 21 heavy (non-hydrogen) atoms. The van der Waals surface area contributed by atoms with Gasteiger partial charge in [-0.05, 0) is 47.3 Å². The highest BCUT2D eigenvalue weighted by atomic mass is 19.1. The van der Waals surface area contributed by atoms with Gasteiger partial charge in [0.1, 0.15) is 5.82 Å². The van der Waals surface area contributed by atoms with Crippen molar-refractivity contribution in [1.29, 1.82) is 0 Å². The van der Waals surface area contributed by atoms with Gasteiger partial charge in [-0.15, -0.1) is 0 Å². The predicted molar refractivity (Wildman–Crippen MR) is 78.8 cm³/mol. The summed E-state index contributed by atoms with van der Waals surface area (Å²) in [6, 6.07) is 13.9. The van der Waals surface area contributed by atoms with Gasteiger partial charge in [0.2, 0.25) is 0 Å². The number of halogens is 1. The molecule has 0 unspecified atom stereocenters. The van der Waals surface area contributed by atoms with Crippen molar-refractivity contribution < 1.29 is 13.9 Å². The van der Waals surface area contributed by atoms with E-state index >= 15 is 0 Å². The van der Waals surface area contributed by atoms with Gasteiger partial charge < -0.3 is 9.30 Å². The first-order chi connectivity index (χ1) is 10.2. The third-order valence-corrected chi connectivity index (χ3v) is 3.46. The van der Waals surface area contributed by atoms with Gasteiger partial charge in [0, 0.05) is 12.7 Å². The Kier molecular flexibility index (Phi) is 3.44. The third-order valence-electron chi connectivity index (χ3n) is 3.46. The highest BCUT2D eigenvalue weighted by Crippen LogP contribution is 2.18. The zero-order chi connectivity index (χ0) is 14.8. The molecule has 0 bridgehead atoms. The Labute approximate surface area is 121 Å². The fraction of sp³-hybridized carbons (Fsp3) is 0.118. The summed E-state index contributed by atoms with van der Waals surface area (Å²) < 4.78 is 20.0. The molecule has 0 aliphatic rings. The minimum Gasteiger partial charge on any atom is -0.465 e. The lowest BCUT2D eigenvalue weighted by atomic mass is 10.1. The quantitative estimate of drug-likeness (QED) is 0.687. The van der Waals surface area contributed by atoms with Gasteiger partial charge in [0.05, 0.1) is 18.2 Å². The summed E-state index contributed by atoms with van der Waals surface area (Å²) in [6.45, 7) is 0.619. The molecule has 0 saturated carbocycles. The molecule has 0 N–H and O–H groups in total. The number of hydrogen-bond donors (Lipinski definition) is 0. The number of nitrogens with zero attached hydrogens (tertiary/aromatic N) is 1. The number of fused-ring (bicyclic) bond motifs is 1. The van der Waals surface area contributed by atoms with Gasteiger partial charge in [-0.3, -0.25) is 0 Å². The van der Waals surface area contributed by atoms with E-state index in [4.69, 9.17) is 0 Å². The number of hydrogen-bond acceptors (Lipinski definition) is 2. The lowest BCUT2D eigenvalue weighted by Crippen LogP contribution is -2.02. The first kappa shape index (κ1) is 13.4. The zero-order valence-electron chi connectivity index (χ0n) is 11.5. The maximum atomic E-state index is 13.3. The molecule has 3 rings (SSSR count). The minimum absolute atomic E-state index is 0.247. The van der Waals surface area contributed by atoms with Crippen molar-refractivity contribution in [3.8, 4) is 0 Å². The van der Waals surface area contributed by atoms with Crippen LogP contribution in [-0.4, -0.2) is 17.6 Å². The second-order valence-corrected chi connectivity index (χ2v) is 4.84. The van der Waals surface area contributed by atoms with E-state index < -0.39 is 0 Å². The fourth-order valence-electron chi connectivity index (χ4n) is 2.36. The van der Waals surface area contributed by atoms with Gasteiger partial charge in [-0.2, -0.15) is 0 Å². The molecule has 106 valence electrons. The number of methoxy groups -OCH3 is 1. The van der Waals surface area contributed by atoms with Crippen molar-refractivity contribution in [2.75, 3.05) is 7.11 Å². The predicted octanol–water partition coefficient (Wildman–Crippen LogP) is 3.62. The second kappa shape index (κ2) is 5.40. The number of ether oxygens (including phenoxy) is 1. The van der Waals surface area contributed by atoms with Crippen LogP contribution in [0, 0.1) is 5.82 Å². The van der Waals surface area contributed by atoms with Crippen LogP contribution in [0.1, 0.15) is 15.9 Å². The second-order valence-electron chi connectivity index (χ2n) is 4.84. The van der Waals surface area contributed by atoms with Crippen LogP contribution in [0.15, 0.2) is 54.7 Å². The summed E-state index contributed by atoms with van der Waals surface area (Å²) in [4.78, 5) is 11.4. The highest BCUT2D eigenvalue weighted by Gasteiger charge is 2.06. The molecule has 1 aromatic heterocycles. The summed E-state index contributed by atoms with van der Waals surface area (Å²) in [5.74, 6) is -0.599. The SMILES string of the molecule is COC(=O)c1ccc(Cn2ccc3ccc(F)cc32)cc1. The molecular formula is C17H14FNO2. The van der Waals surface area contributed by atoms with E-state index in [-0.39, 0.29) is 11.8 Å². The first-order valence-electron chi connectivity index (χ1n) is 6.59. The number of rotatable bonds is 3. The van der Waals surface area contributed by atoms with Crippen molar-refractivity contribution in [3.05, 3.63) is 71.7 Å². The lowest BCUT2D eigenvalue weighted by Gasteiger charge is -2.07. The van der Waals surface area contributed by atoms with E-state index in [2.05, 4.69) is 4.74 Å². The van der Waals surface area contributed by atoms with Crippen LogP contribution in [0.5, 0.6) is 0 Å². The van der Waals surface area contributed by atoms with Gasteiger partial charge in [0.15, 0.2) is 0 Å². The van der Waals surface area contributed by atoms with Crippen molar-refractivity contribution in [2.24, 2.45) is 0 Å². The van der Waals surface area contributed by atoms with Gasteiger partial charge in [-0.1, -0.05) is 12.1 Å². The zero-order valence-corrected chi connectivity index (χ0v) is 11.5.